The molecule has 1 fully saturated rings. The Morgan fingerprint density at radius 3 is 2.72 bits per heavy atom. The van der Waals surface area contributed by atoms with Crippen LogP contribution >= 0.6 is 0 Å². The van der Waals surface area contributed by atoms with Crippen LogP contribution in [0.3, 0.4) is 0 Å². The van der Waals surface area contributed by atoms with Crippen molar-refractivity contribution in [2.24, 2.45) is 0 Å². The van der Waals surface area contributed by atoms with E-state index in [9.17, 15) is 8.78 Å². The van der Waals surface area contributed by atoms with Crippen LogP contribution in [0.5, 0.6) is 0 Å². The van der Waals surface area contributed by atoms with Crippen molar-refractivity contribution in [3.05, 3.63) is 41.3 Å². The summed E-state index contributed by atoms with van der Waals surface area (Å²) in [5.41, 5.74) is 0.913. The molecule has 132 valence electrons. The lowest BCUT2D eigenvalue weighted by Gasteiger charge is -2.32. The van der Waals surface area contributed by atoms with E-state index in [0.29, 0.717) is 24.9 Å². The molecule has 1 aliphatic rings. The van der Waals surface area contributed by atoms with Crippen molar-refractivity contribution in [1.82, 2.24) is 9.88 Å². The Morgan fingerprint density at radius 2 is 2.04 bits per heavy atom. The minimum absolute atomic E-state index is 0.164. The number of rotatable bonds is 5. The summed E-state index contributed by atoms with van der Waals surface area (Å²) < 4.78 is 32.7. The van der Waals surface area contributed by atoms with Gasteiger partial charge in [-0.25, -0.2) is 13.8 Å². The second kappa shape index (κ2) is 7.79. The Morgan fingerprint density at radius 1 is 1.28 bits per heavy atom. The summed E-state index contributed by atoms with van der Waals surface area (Å²) in [5, 5.41) is 0. The van der Waals surface area contributed by atoms with Crippen LogP contribution in [0.25, 0.3) is 11.5 Å². The molecule has 0 bridgehead atoms. The van der Waals surface area contributed by atoms with Crippen LogP contribution < -0.4 is 0 Å². The van der Waals surface area contributed by atoms with Crippen LogP contribution in [-0.4, -0.2) is 22.5 Å². The molecule has 2 aromatic rings. The fraction of sp³-hybridized carbons (Fsp3) is 0.450. The quantitative estimate of drug-likeness (QED) is 0.737. The molecule has 0 spiro atoms. The van der Waals surface area contributed by atoms with Crippen LogP contribution in [0, 0.1) is 30.9 Å². The first-order valence-electron chi connectivity index (χ1n) is 8.67. The van der Waals surface area contributed by atoms with Crippen LogP contribution in [-0.2, 0) is 6.54 Å². The SMILES string of the molecule is C#CCN(Cc1nc(-c2ccc(F)cc2F)oc1C)C1CCCCC1. The molecule has 5 heteroatoms. The Balaban J connectivity index is 1.82. The highest BCUT2D eigenvalue weighted by molar-refractivity contribution is 5.54. The van der Waals surface area contributed by atoms with Crippen molar-refractivity contribution < 1.29 is 13.2 Å². The van der Waals surface area contributed by atoms with Crippen molar-refractivity contribution in [1.29, 1.82) is 0 Å². The van der Waals surface area contributed by atoms with Gasteiger partial charge < -0.3 is 4.42 Å². The third-order valence-corrected chi connectivity index (χ3v) is 4.79. The average molecular weight is 344 g/mol. The maximum Gasteiger partial charge on any atom is 0.229 e. The topological polar surface area (TPSA) is 29.3 Å². The van der Waals surface area contributed by atoms with E-state index in [-0.39, 0.29) is 11.5 Å². The van der Waals surface area contributed by atoms with Crippen LogP contribution in [0.1, 0.15) is 43.6 Å². The highest BCUT2D eigenvalue weighted by atomic mass is 19.1. The van der Waals surface area contributed by atoms with E-state index in [2.05, 4.69) is 15.8 Å². The molecule has 25 heavy (non-hydrogen) atoms. The molecule has 0 amide bonds. The Kier molecular flexibility index (Phi) is 5.50. The summed E-state index contributed by atoms with van der Waals surface area (Å²) in [6.07, 6.45) is 11.5. The van der Waals surface area contributed by atoms with E-state index in [1.807, 2.05) is 6.92 Å². The van der Waals surface area contributed by atoms with Gasteiger partial charge in [0, 0.05) is 18.7 Å². The molecule has 0 aliphatic heterocycles. The molecule has 1 aliphatic carbocycles. The molecule has 0 N–H and O–H groups in total. The van der Waals surface area contributed by atoms with Crippen molar-refractivity contribution >= 4 is 0 Å². The Bertz CT molecular complexity index is 772. The van der Waals surface area contributed by atoms with Gasteiger partial charge in [0.05, 0.1) is 17.8 Å². The lowest BCUT2D eigenvalue weighted by Crippen LogP contribution is -2.36. The highest BCUT2D eigenvalue weighted by Crippen LogP contribution is 2.28. The molecule has 0 unspecified atom stereocenters. The molecule has 1 saturated carbocycles. The lowest BCUT2D eigenvalue weighted by atomic mass is 9.94. The highest BCUT2D eigenvalue weighted by Gasteiger charge is 2.23. The number of hydrogen-bond acceptors (Lipinski definition) is 3. The summed E-state index contributed by atoms with van der Waals surface area (Å²) in [5.74, 6) is 2.23. The Hall–Kier alpha value is -2.19. The van der Waals surface area contributed by atoms with E-state index in [1.165, 1.54) is 31.4 Å². The molecule has 1 aromatic heterocycles. The van der Waals surface area contributed by atoms with Gasteiger partial charge in [0.25, 0.3) is 0 Å². The van der Waals surface area contributed by atoms with Gasteiger partial charge in [-0.05, 0) is 31.9 Å². The summed E-state index contributed by atoms with van der Waals surface area (Å²) in [7, 11) is 0. The lowest BCUT2D eigenvalue weighted by molar-refractivity contribution is 0.165. The van der Waals surface area contributed by atoms with Gasteiger partial charge in [0.15, 0.2) is 0 Å². The third kappa shape index (κ3) is 4.08. The number of hydrogen-bond donors (Lipinski definition) is 0. The number of aromatic nitrogens is 1. The van der Waals surface area contributed by atoms with Gasteiger partial charge in [-0.2, -0.15) is 0 Å². The number of benzene rings is 1. The minimum atomic E-state index is -0.680. The van der Waals surface area contributed by atoms with Crippen molar-refractivity contribution in [3.8, 4) is 23.8 Å². The smallest absolute Gasteiger partial charge is 0.229 e. The fourth-order valence-corrected chi connectivity index (χ4v) is 3.42. The molecule has 1 heterocycles. The summed E-state index contributed by atoms with van der Waals surface area (Å²) in [6, 6.07) is 3.83. The van der Waals surface area contributed by atoms with Gasteiger partial charge >= 0.3 is 0 Å². The van der Waals surface area contributed by atoms with Crippen molar-refractivity contribution in [2.45, 2.75) is 51.6 Å². The zero-order chi connectivity index (χ0) is 17.8. The monoisotopic (exact) mass is 344 g/mol. The number of aryl methyl sites for hydroxylation is 1. The molecule has 3 nitrogen and oxygen atoms in total. The largest absolute Gasteiger partial charge is 0.441 e. The van der Waals surface area contributed by atoms with Gasteiger partial charge in [-0.15, -0.1) is 6.42 Å². The summed E-state index contributed by atoms with van der Waals surface area (Å²) >= 11 is 0. The second-order valence-corrected chi connectivity index (χ2v) is 6.55. The van der Waals surface area contributed by atoms with E-state index >= 15 is 0 Å². The summed E-state index contributed by atoms with van der Waals surface area (Å²) in [4.78, 5) is 6.69. The molecule has 1 aromatic carbocycles. The number of oxazole rings is 1. The third-order valence-electron chi connectivity index (χ3n) is 4.79. The van der Waals surface area contributed by atoms with Gasteiger partial charge in [0.1, 0.15) is 17.4 Å². The van der Waals surface area contributed by atoms with E-state index in [1.54, 1.807) is 0 Å². The average Bonchev–Trinajstić information content (AvgIpc) is 2.95. The van der Waals surface area contributed by atoms with Gasteiger partial charge in [-0.3, -0.25) is 4.90 Å². The Labute approximate surface area is 147 Å². The van der Waals surface area contributed by atoms with Gasteiger partial charge in [0.2, 0.25) is 5.89 Å². The van der Waals surface area contributed by atoms with E-state index in [0.717, 1.165) is 24.6 Å². The molecular formula is C20H22F2N2O. The predicted octanol–water partition coefficient (Wildman–Crippen LogP) is 4.70. The molecule has 0 saturated heterocycles. The van der Waals surface area contributed by atoms with Gasteiger partial charge in [-0.1, -0.05) is 25.2 Å². The number of terminal acetylenes is 1. The zero-order valence-electron chi connectivity index (χ0n) is 14.4. The first-order chi connectivity index (χ1) is 12.1. The number of halogens is 2. The van der Waals surface area contributed by atoms with Crippen LogP contribution in [0.4, 0.5) is 8.78 Å². The normalized spacial score (nSPS) is 15.5. The maximum atomic E-state index is 14.0. The number of nitrogens with zero attached hydrogens (tertiary/aromatic N) is 2. The van der Waals surface area contributed by atoms with Crippen molar-refractivity contribution in [3.63, 3.8) is 0 Å². The maximum absolute atomic E-state index is 14.0. The predicted molar refractivity (Wildman–Crippen MR) is 92.7 cm³/mol. The molecule has 0 radical (unpaired) electrons. The molecule has 3 rings (SSSR count). The fourth-order valence-electron chi connectivity index (χ4n) is 3.42. The molecule has 0 atom stereocenters. The first-order valence-corrected chi connectivity index (χ1v) is 8.67. The molecular weight excluding hydrogens is 322 g/mol. The zero-order valence-corrected chi connectivity index (χ0v) is 14.4. The standard InChI is InChI=1S/C20H22F2N2O/c1-3-11-24(16-7-5-4-6-8-16)13-19-14(2)25-20(23-19)17-10-9-15(21)12-18(17)22/h1,9-10,12,16H,4-8,11,13H2,2H3. The van der Waals surface area contributed by atoms with Crippen LogP contribution in [0.2, 0.25) is 0 Å². The van der Waals surface area contributed by atoms with E-state index < -0.39 is 11.6 Å². The van der Waals surface area contributed by atoms with E-state index in [4.69, 9.17) is 10.8 Å². The van der Waals surface area contributed by atoms with Crippen LogP contribution in [0.15, 0.2) is 22.6 Å². The van der Waals surface area contributed by atoms with Crippen molar-refractivity contribution in [2.75, 3.05) is 6.54 Å². The minimum Gasteiger partial charge on any atom is -0.441 e. The second-order valence-electron chi connectivity index (χ2n) is 6.55. The first kappa shape index (κ1) is 17.6. The summed E-state index contributed by atoms with van der Waals surface area (Å²) in [6.45, 7) is 2.94.